The maximum atomic E-state index is 12.4. The molecule has 1 aliphatic heterocycles. The van der Waals surface area contributed by atoms with Gasteiger partial charge >= 0.3 is 0 Å². The molecule has 1 fully saturated rings. The van der Waals surface area contributed by atoms with Crippen molar-refractivity contribution >= 4 is 33.4 Å². The Morgan fingerprint density at radius 1 is 1.57 bits per heavy atom. The molecular weight excluding hydrogens is 358 g/mol. The summed E-state index contributed by atoms with van der Waals surface area (Å²) in [6.45, 7) is 4.48. The summed E-state index contributed by atoms with van der Waals surface area (Å²) in [5.74, 6) is 0.459. The van der Waals surface area contributed by atoms with Crippen LogP contribution in [0.2, 0.25) is 5.02 Å². The molecule has 0 saturated carbocycles. The van der Waals surface area contributed by atoms with Crippen LogP contribution in [0.5, 0.6) is 5.75 Å². The summed E-state index contributed by atoms with van der Waals surface area (Å²) in [5, 5.41) is 10.7. The summed E-state index contributed by atoms with van der Waals surface area (Å²) in [6, 6.07) is 5.16. The van der Waals surface area contributed by atoms with Gasteiger partial charge < -0.3 is 14.7 Å². The molecular formula is C15H19BrClNO3. The summed E-state index contributed by atoms with van der Waals surface area (Å²) >= 11 is 9.25. The Bertz CT molecular complexity index is 536. The van der Waals surface area contributed by atoms with E-state index in [0.717, 1.165) is 12.8 Å². The minimum absolute atomic E-state index is 0.114. The third-order valence-corrected chi connectivity index (χ3v) is 4.39. The Morgan fingerprint density at radius 3 is 2.90 bits per heavy atom. The minimum atomic E-state index is -0.811. The largest absolute Gasteiger partial charge is 0.480 e. The third kappa shape index (κ3) is 4.34. The molecule has 6 heteroatoms. The lowest BCUT2D eigenvalue weighted by Crippen LogP contribution is -2.51. The van der Waals surface area contributed by atoms with E-state index >= 15 is 0 Å². The first-order valence-corrected chi connectivity index (χ1v) is 8.08. The van der Waals surface area contributed by atoms with Crippen LogP contribution < -0.4 is 4.74 Å². The average Bonchev–Trinajstić information content (AvgIpc) is 2.40. The number of carbonyl (C=O) groups is 1. The fourth-order valence-electron chi connectivity index (χ4n) is 2.48. The molecule has 2 rings (SSSR count). The molecule has 116 valence electrons. The molecule has 1 amide bonds. The van der Waals surface area contributed by atoms with E-state index in [0.29, 0.717) is 28.3 Å². The Balaban J connectivity index is 2.02. The fraction of sp³-hybridized carbons (Fsp3) is 0.533. The summed E-state index contributed by atoms with van der Waals surface area (Å²) < 4.78 is 6.41. The Morgan fingerprint density at radius 2 is 2.29 bits per heavy atom. The lowest BCUT2D eigenvalue weighted by molar-refractivity contribution is -0.144. The summed E-state index contributed by atoms with van der Waals surface area (Å²) in [4.78, 5) is 14.1. The van der Waals surface area contributed by atoms with Gasteiger partial charge in [-0.1, -0.05) is 11.6 Å². The number of halogens is 2. The van der Waals surface area contributed by atoms with Crippen LogP contribution in [0, 0.1) is 0 Å². The van der Waals surface area contributed by atoms with Gasteiger partial charge in [-0.25, -0.2) is 0 Å². The molecule has 0 bridgehead atoms. The fourth-order valence-corrected chi connectivity index (χ4v) is 3.25. The van der Waals surface area contributed by atoms with Crippen molar-refractivity contribution in [1.82, 2.24) is 4.90 Å². The zero-order chi connectivity index (χ0) is 15.6. The van der Waals surface area contributed by atoms with Gasteiger partial charge in [0.25, 0.3) is 5.91 Å². The van der Waals surface area contributed by atoms with E-state index in [1.54, 1.807) is 36.9 Å². The molecule has 21 heavy (non-hydrogen) atoms. The van der Waals surface area contributed by atoms with E-state index in [-0.39, 0.29) is 5.91 Å². The lowest BCUT2D eigenvalue weighted by Gasteiger charge is -2.37. The number of ether oxygens (including phenoxy) is 1. The number of β-amino-alcohol motifs (C(OH)–C–C–N with tert-alkyl or cyclic N) is 1. The summed E-state index contributed by atoms with van der Waals surface area (Å²) in [5.41, 5.74) is -0.811. The van der Waals surface area contributed by atoms with Crippen molar-refractivity contribution in [2.75, 3.05) is 13.1 Å². The summed E-state index contributed by atoms with van der Waals surface area (Å²) in [7, 11) is 0. The first kappa shape index (κ1) is 16.6. The topological polar surface area (TPSA) is 49.8 Å². The van der Waals surface area contributed by atoms with Crippen LogP contribution in [0.1, 0.15) is 26.7 Å². The maximum absolute atomic E-state index is 12.4. The molecule has 1 saturated heterocycles. The van der Waals surface area contributed by atoms with Gasteiger partial charge in [-0.3, -0.25) is 4.79 Å². The summed E-state index contributed by atoms with van der Waals surface area (Å²) in [6.07, 6.45) is 0.904. The predicted octanol–water partition coefficient (Wildman–Crippen LogP) is 3.24. The van der Waals surface area contributed by atoms with Gasteiger partial charge in [-0.2, -0.15) is 0 Å². The number of carbonyl (C=O) groups excluding carboxylic acids is 1. The highest BCUT2D eigenvalue weighted by Crippen LogP contribution is 2.29. The Kier molecular flexibility index (Phi) is 5.17. The van der Waals surface area contributed by atoms with E-state index in [1.807, 2.05) is 0 Å². The van der Waals surface area contributed by atoms with Crippen molar-refractivity contribution in [2.45, 2.75) is 38.4 Å². The molecule has 4 nitrogen and oxygen atoms in total. The second-order valence-corrected chi connectivity index (χ2v) is 6.99. The van der Waals surface area contributed by atoms with Gasteiger partial charge in [0.1, 0.15) is 5.75 Å². The molecule has 2 atom stereocenters. The highest BCUT2D eigenvalue weighted by molar-refractivity contribution is 9.10. The normalized spacial score (nSPS) is 23.8. The van der Waals surface area contributed by atoms with Crippen LogP contribution in [0.4, 0.5) is 0 Å². The number of nitrogens with zero attached hydrogens (tertiary/aromatic N) is 1. The van der Waals surface area contributed by atoms with Gasteiger partial charge in [0.05, 0.1) is 10.1 Å². The van der Waals surface area contributed by atoms with E-state index in [4.69, 9.17) is 16.3 Å². The standard InChI is InChI=1S/C15H19BrClNO3/c1-10(21-13-5-4-11(17)8-12(13)16)14(19)18-7-3-6-15(2,20)9-18/h4-5,8,10,20H,3,6-7,9H2,1-2H3. The van der Waals surface area contributed by atoms with Gasteiger partial charge in [-0.05, 0) is 60.8 Å². The van der Waals surface area contributed by atoms with Crippen LogP contribution in [0.3, 0.4) is 0 Å². The second-order valence-electron chi connectivity index (χ2n) is 5.70. The molecule has 1 N–H and O–H groups in total. The molecule has 0 radical (unpaired) electrons. The zero-order valence-corrected chi connectivity index (χ0v) is 14.4. The molecule has 1 aromatic rings. The minimum Gasteiger partial charge on any atom is -0.480 e. The van der Waals surface area contributed by atoms with Crippen LogP contribution >= 0.6 is 27.5 Å². The predicted molar refractivity (Wildman–Crippen MR) is 85.7 cm³/mol. The van der Waals surface area contributed by atoms with E-state index < -0.39 is 11.7 Å². The molecule has 2 unspecified atom stereocenters. The molecule has 1 aliphatic rings. The third-order valence-electron chi connectivity index (χ3n) is 3.53. The van der Waals surface area contributed by atoms with E-state index in [1.165, 1.54) is 0 Å². The van der Waals surface area contributed by atoms with Crippen LogP contribution in [-0.4, -0.2) is 40.7 Å². The van der Waals surface area contributed by atoms with Gasteiger partial charge in [0, 0.05) is 18.1 Å². The van der Waals surface area contributed by atoms with Crippen molar-refractivity contribution < 1.29 is 14.6 Å². The SMILES string of the molecule is CC(Oc1ccc(Cl)cc1Br)C(=O)N1CCCC(C)(O)C1. The first-order chi connectivity index (χ1) is 9.78. The zero-order valence-electron chi connectivity index (χ0n) is 12.1. The van der Waals surface area contributed by atoms with E-state index in [9.17, 15) is 9.90 Å². The van der Waals surface area contributed by atoms with Crippen LogP contribution in [0.15, 0.2) is 22.7 Å². The molecule has 0 spiro atoms. The first-order valence-electron chi connectivity index (χ1n) is 6.91. The monoisotopic (exact) mass is 375 g/mol. The van der Waals surface area contributed by atoms with Crippen molar-refractivity contribution in [3.63, 3.8) is 0 Å². The van der Waals surface area contributed by atoms with Gasteiger partial charge in [0.15, 0.2) is 6.10 Å². The molecule has 1 heterocycles. The van der Waals surface area contributed by atoms with E-state index in [2.05, 4.69) is 15.9 Å². The number of amides is 1. The van der Waals surface area contributed by atoms with Crippen LogP contribution in [-0.2, 0) is 4.79 Å². The van der Waals surface area contributed by atoms with Gasteiger partial charge in [-0.15, -0.1) is 0 Å². The second kappa shape index (κ2) is 6.55. The van der Waals surface area contributed by atoms with Crippen LogP contribution in [0.25, 0.3) is 0 Å². The average molecular weight is 377 g/mol. The number of likely N-dealkylation sites (tertiary alicyclic amines) is 1. The highest BCUT2D eigenvalue weighted by atomic mass is 79.9. The number of benzene rings is 1. The van der Waals surface area contributed by atoms with Gasteiger partial charge in [0.2, 0.25) is 0 Å². The molecule has 0 aromatic heterocycles. The van der Waals surface area contributed by atoms with Crippen molar-refractivity contribution in [2.24, 2.45) is 0 Å². The van der Waals surface area contributed by atoms with Crippen molar-refractivity contribution in [1.29, 1.82) is 0 Å². The number of aliphatic hydroxyl groups is 1. The van der Waals surface area contributed by atoms with Crippen molar-refractivity contribution in [3.8, 4) is 5.75 Å². The Labute approximate surface area is 138 Å². The lowest BCUT2D eigenvalue weighted by atomic mass is 9.95. The number of hydrogen-bond acceptors (Lipinski definition) is 3. The molecule has 0 aliphatic carbocycles. The smallest absolute Gasteiger partial charge is 0.263 e. The number of hydrogen-bond donors (Lipinski definition) is 1. The van der Waals surface area contributed by atoms with Crippen molar-refractivity contribution in [3.05, 3.63) is 27.7 Å². The molecule has 1 aromatic carbocycles. The number of piperidine rings is 1. The highest BCUT2D eigenvalue weighted by Gasteiger charge is 2.33. The number of rotatable bonds is 3. The maximum Gasteiger partial charge on any atom is 0.263 e. The quantitative estimate of drug-likeness (QED) is 0.881. The Hall–Kier alpha value is -0.780.